The standard InChI is InChI=1S/C12H15FN2O3S/c1-9(16)14-11-6-7-15(8-11)19(17,18)12-4-2-10(13)3-5-12/h2-5,11H,6-8H2,1H3,(H,14,16). The van der Waals surface area contributed by atoms with Crippen LogP contribution in [0.3, 0.4) is 0 Å². The fraction of sp³-hybridized carbons (Fsp3) is 0.417. The van der Waals surface area contributed by atoms with Gasteiger partial charge in [-0.2, -0.15) is 4.31 Å². The molecular formula is C12H15FN2O3S. The molecule has 1 heterocycles. The topological polar surface area (TPSA) is 66.5 Å². The van der Waals surface area contributed by atoms with E-state index in [1.165, 1.54) is 23.4 Å². The number of amides is 1. The predicted molar refractivity (Wildman–Crippen MR) is 67.4 cm³/mol. The van der Waals surface area contributed by atoms with Crippen LogP contribution >= 0.6 is 0 Å². The van der Waals surface area contributed by atoms with Gasteiger partial charge in [0.1, 0.15) is 5.82 Å². The lowest BCUT2D eigenvalue weighted by molar-refractivity contribution is -0.119. The third kappa shape index (κ3) is 3.10. The highest BCUT2D eigenvalue weighted by Crippen LogP contribution is 2.21. The number of carbonyl (C=O) groups is 1. The van der Waals surface area contributed by atoms with E-state index < -0.39 is 15.8 Å². The highest BCUT2D eigenvalue weighted by atomic mass is 32.2. The third-order valence-electron chi connectivity index (χ3n) is 3.01. The van der Waals surface area contributed by atoms with Crippen LogP contribution in [-0.2, 0) is 14.8 Å². The number of nitrogens with zero attached hydrogens (tertiary/aromatic N) is 1. The molecule has 1 saturated heterocycles. The number of carbonyl (C=O) groups excluding carboxylic acids is 1. The quantitative estimate of drug-likeness (QED) is 0.890. The van der Waals surface area contributed by atoms with E-state index in [2.05, 4.69) is 5.32 Å². The second-order valence-electron chi connectivity index (χ2n) is 4.50. The number of hydrogen-bond acceptors (Lipinski definition) is 3. The molecule has 1 N–H and O–H groups in total. The fourth-order valence-corrected chi connectivity index (χ4v) is 3.61. The minimum atomic E-state index is -3.61. The molecule has 0 aliphatic carbocycles. The molecule has 0 spiro atoms. The molecule has 1 aliphatic rings. The summed E-state index contributed by atoms with van der Waals surface area (Å²) in [6.07, 6.45) is 0.583. The molecule has 0 radical (unpaired) electrons. The molecule has 5 nitrogen and oxygen atoms in total. The Morgan fingerprint density at radius 3 is 2.58 bits per heavy atom. The van der Waals surface area contributed by atoms with Crippen LogP contribution in [0.4, 0.5) is 4.39 Å². The van der Waals surface area contributed by atoms with Crippen LogP contribution in [0.5, 0.6) is 0 Å². The van der Waals surface area contributed by atoms with Crippen molar-refractivity contribution in [1.29, 1.82) is 0 Å². The highest BCUT2D eigenvalue weighted by Gasteiger charge is 2.32. The summed E-state index contributed by atoms with van der Waals surface area (Å²) in [6.45, 7) is 2.00. The second-order valence-corrected chi connectivity index (χ2v) is 6.44. The molecule has 1 atom stereocenters. The lowest BCUT2D eigenvalue weighted by atomic mass is 10.3. The molecule has 7 heteroatoms. The molecule has 1 unspecified atom stereocenters. The van der Waals surface area contributed by atoms with Gasteiger partial charge in [0.25, 0.3) is 0 Å². The molecule has 0 aromatic heterocycles. The molecular weight excluding hydrogens is 271 g/mol. The van der Waals surface area contributed by atoms with E-state index in [4.69, 9.17) is 0 Å². The van der Waals surface area contributed by atoms with Crippen molar-refractivity contribution in [3.8, 4) is 0 Å². The average Bonchev–Trinajstić information content (AvgIpc) is 2.78. The van der Waals surface area contributed by atoms with Gasteiger partial charge in [-0.1, -0.05) is 0 Å². The lowest BCUT2D eigenvalue weighted by Gasteiger charge is -2.16. The highest BCUT2D eigenvalue weighted by molar-refractivity contribution is 7.89. The summed E-state index contributed by atoms with van der Waals surface area (Å²) in [4.78, 5) is 11.0. The lowest BCUT2D eigenvalue weighted by Crippen LogP contribution is -2.37. The van der Waals surface area contributed by atoms with Gasteiger partial charge in [0.2, 0.25) is 15.9 Å². The smallest absolute Gasteiger partial charge is 0.243 e. The molecule has 0 bridgehead atoms. The van der Waals surface area contributed by atoms with Gasteiger partial charge in [0.15, 0.2) is 0 Å². The SMILES string of the molecule is CC(=O)NC1CCN(S(=O)(=O)c2ccc(F)cc2)C1. The third-order valence-corrected chi connectivity index (χ3v) is 4.89. The Kier molecular flexibility index (Phi) is 3.86. The number of halogens is 1. The van der Waals surface area contributed by atoms with Gasteiger partial charge in [0, 0.05) is 26.1 Å². The average molecular weight is 286 g/mol. The largest absolute Gasteiger partial charge is 0.352 e. The van der Waals surface area contributed by atoms with E-state index in [0.29, 0.717) is 13.0 Å². The van der Waals surface area contributed by atoms with Gasteiger partial charge < -0.3 is 5.32 Å². The first-order valence-corrected chi connectivity index (χ1v) is 7.36. The minimum Gasteiger partial charge on any atom is -0.352 e. The number of benzene rings is 1. The maximum Gasteiger partial charge on any atom is 0.243 e. The van der Waals surface area contributed by atoms with E-state index in [1.807, 2.05) is 0 Å². The Hall–Kier alpha value is -1.47. The molecule has 104 valence electrons. The van der Waals surface area contributed by atoms with Crippen molar-refractivity contribution < 1.29 is 17.6 Å². The monoisotopic (exact) mass is 286 g/mol. The van der Waals surface area contributed by atoms with Gasteiger partial charge in [-0.25, -0.2) is 12.8 Å². The van der Waals surface area contributed by atoms with Crippen LogP contribution in [0.2, 0.25) is 0 Å². The van der Waals surface area contributed by atoms with Gasteiger partial charge in [-0.05, 0) is 30.7 Å². The summed E-state index contributed by atoms with van der Waals surface area (Å²) in [5.74, 6) is -0.650. The Morgan fingerprint density at radius 1 is 1.37 bits per heavy atom. The van der Waals surface area contributed by atoms with Crippen molar-refractivity contribution in [1.82, 2.24) is 9.62 Å². The second kappa shape index (κ2) is 5.26. The number of nitrogens with one attached hydrogen (secondary N) is 1. The zero-order valence-electron chi connectivity index (χ0n) is 10.5. The van der Waals surface area contributed by atoms with Crippen molar-refractivity contribution >= 4 is 15.9 Å². The number of rotatable bonds is 3. The summed E-state index contributed by atoms with van der Waals surface area (Å²) in [5, 5.41) is 2.70. The molecule has 1 aliphatic heterocycles. The van der Waals surface area contributed by atoms with Crippen molar-refractivity contribution in [2.24, 2.45) is 0 Å². The van der Waals surface area contributed by atoms with Gasteiger partial charge in [-0.3, -0.25) is 4.79 Å². The maximum atomic E-state index is 12.8. The van der Waals surface area contributed by atoms with Crippen LogP contribution in [0.1, 0.15) is 13.3 Å². The summed E-state index contributed by atoms with van der Waals surface area (Å²) in [7, 11) is -3.61. The van der Waals surface area contributed by atoms with E-state index in [9.17, 15) is 17.6 Å². The first kappa shape index (κ1) is 14.0. The number of hydrogen-bond donors (Lipinski definition) is 1. The van der Waals surface area contributed by atoms with E-state index in [-0.39, 0.29) is 23.4 Å². The first-order valence-electron chi connectivity index (χ1n) is 5.92. The molecule has 2 rings (SSSR count). The summed E-state index contributed by atoms with van der Waals surface area (Å²) >= 11 is 0. The molecule has 1 amide bonds. The molecule has 0 saturated carbocycles. The zero-order valence-corrected chi connectivity index (χ0v) is 11.3. The van der Waals surface area contributed by atoms with Crippen LogP contribution in [0.25, 0.3) is 0 Å². The van der Waals surface area contributed by atoms with Crippen LogP contribution in [0.15, 0.2) is 29.2 Å². The maximum absolute atomic E-state index is 12.8. The summed E-state index contributed by atoms with van der Waals surface area (Å²) < 4.78 is 38.6. The fourth-order valence-electron chi connectivity index (χ4n) is 2.11. The van der Waals surface area contributed by atoms with Gasteiger partial charge in [-0.15, -0.1) is 0 Å². The number of sulfonamides is 1. The summed E-state index contributed by atoms with van der Waals surface area (Å²) in [6, 6.07) is 4.57. The van der Waals surface area contributed by atoms with E-state index >= 15 is 0 Å². The van der Waals surface area contributed by atoms with Crippen molar-refractivity contribution in [2.45, 2.75) is 24.3 Å². The Labute approximate surface area is 111 Å². The van der Waals surface area contributed by atoms with E-state index in [1.54, 1.807) is 0 Å². The van der Waals surface area contributed by atoms with Crippen molar-refractivity contribution in [3.05, 3.63) is 30.1 Å². The molecule has 1 aromatic carbocycles. The van der Waals surface area contributed by atoms with Gasteiger partial charge in [0.05, 0.1) is 4.90 Å². The van der Waals surface area contributed by atoms with Crippen molar-refractivity contribution in [2.75, 3.05) is 13.1 Å². The Morgan fingerprint density at radius 2 is 2.00 bits per heavy atom. The zero-order chi connectivity index (χ0) is 14.0. The van der Waals surface area contributed by atoms with Crippen LogP contribution in [-0.4, -0.2) is 37.8 Å². The van der Waals surface area contributed by atoms with Crippen molar-refractivity contribution in [3.63, 3.8) is 0 Å². The van der Waals surface area contributed by atoms with Crippen LogP contribution in [0, 0.1) is 5.82 Å². The van der Waals surface area contributed by atoms with Gasteiger partial charge >= 0.3 is 0 Å². The van der Waals surface area contributed by atoms with Crippen LogP contribution < -0.4 is 5.32 Å². The Balaban J connectivity index is 2.13. The normalized spacial score (nSPS) is 20.4. The Bertz CT molecular complexity index is 571. The minimum absolute atomic E-state index is 0.0670. The molecule has 1 aromatic rings. The molecule has 1 fully saturated rings. The molecule has 19 heavy (non-hydrogen) atoms. The first-order chi connectivity index (χ1) is 8.89. The van der Waals surface area contributed by atoms with E-state index in [0.717, 1.165) is 12.1 Å². The summed E-state index contributed by atoms with van der Waals surface area (Å²) in [5.41, 5.74) is 0. The predicted octanol–water partition coefficient (Wildman–Crippen LogP) is 0.725.